The number of nitrogens with zero attached hydrogens (tertiary/aromatic N) is 2. The Morgan fingerprint density at radius 1 is 1.03 bits per heavy atom. The van der Waals surface area contributed by atoms with Gasteiger partial charge in [-0.05, 0) is 26.3 Å². The van der Waals surface area contributed by atoms with Gasteiger partial charge in [-0.2, -0.15) is 0 Å². The van der Waals surface area contributed by atoms with Gasteiger partial charge in [0.25, 0.3) is 17.3 Å². The molecule has 1 aromatic heterocycles. The van der Waals surface area contributed by atoms with E-state index in [2.05, 4.69) is 5.32 Å². The van der Waals surface area contributed by atoms with Crippen molar-refractivity contribution in [3.63, 3.8) is 0 Å². The minimum absolute atomic E-state index is 0.117. The lowest BCUT2D eigenvalue weighted by Crippen LogP contribution is -2.15. The predicted octanol–water partition coefficient (Wildman–Crippen LogP) is 5.28. The summed E-state index contributed by atoms with van der Waals surface area (Å²) in [6.45, 7) is 4.93. The molecule has 10 nitrogen and oxygen atoms in total. The van der Waals surface area contributed by atoms with Crippen LogP contribution in [0.1, 0.15) is 38.8 Å². The average Bonchev–Trinajstić information content (AvgIpc) is 3.17. The summed E-state index contributed by atoms with van der Waals surface area (Å²) in [5.41, 5.74) is 0.915. The first-order valence-electron chi connectivity index (χ1n) is 9.74. The van der Waals surface area contributed by atoms with Gasteiger partial charge in [0.1, 0.15) is 16.1 Å². The third-order valence-corrected chi connectivity index (χ3v) is 5.76. The fourth-order valence-electron chi connectivity index (χ4n) is 3.17. The smallest absolute Gasteiger partial charge is 0.341 e. The fraction of sp³-hybridized carbons (Fsp3) is 0.182. The van der Waals surface area contributed by atoms with E-state index in [1.54, 1.807) is 12.3 Å². The Hall–Kier alpha value is -4.12. The molecule has 11 heteroatoms. The van der Waals surface area contributed by atoms with Crippen LogP contribution >= 0.6 is 11.3 Å². The minimum atomic E-state index is -0.830. The van der Waals surface area contributed by atoms with Crippen molar-refractivity contribution < 1.29 is 24.2 Å². The highest BCUT2D eigenvalue weighted by atomic mass is 32.1. The Kier molecular flexibility index (Phi) is 6.83. The molecule has 0 aliphatic heterocycles. The maximum atomic E-state index is 12.9. The van der Waals surface area contributed by atoms with E-state index in [1.807, 2.05) is 31.2 Å². The molecular formula is C22H19N3O7S. The molecule has 0 spiro atoms. The molecule has 1 amide bonds. The Morgan fingerprint density at radius 3 is 2.12 bits per heavy atom. The van der Waals surface area contributed by atoms with Crippen LogP contribution in [0.3, 0.4) is 0 Å². The maximum absolute atomic E-state index is 12.9. The van der Waals surface area contributed by atoms with Crippen LogP contribution in [-0.4, -0.2) is 28.3 Å². The molecule has 0 bridgehead atoms. The van der Waals surface area contributed by atoms with Crippen LogP contribution in [0.15, 0.2) is 41.8 Å². The molecule has 0 unspecified atom stereocenters. The van der Waals surface area contributed by atoms with Gasteiger partial charge in [0, 0.05) is 23.1 Å². The van der Waals surface area contributed by atoms with Crippen molar-refractivity contribution in [2.24, 2.45) is 0 Å². The lowest BCUT2D eigenvalue weighted by molar-refractivity contribution is -0.395. The molecule has 0 radical (unpaired) electrons. The Balaban J connectivity index is 2.05. The first kappa shape index (κ1) is 23.5. The van der Waals surface area contributed by atoms with Gasteiger partial charge < -0.3 is 10.1 Å². The summed E-state index contributed by atoms with van der Waals surface area (Å²) in [7, 11) is 0. The molecule has 0 saturated carbocycles. The molecule has 3 aromatic rings. The SMILES string of the molecule is CCOC(=O)c1c(-c2ccc(C)cc2)csc1NC(=O)c1cc([N+](=O)[O-])c(C)c([N+](=O)[O-])c1. The van der Waals surface area contributed by atoms with Crippen molar-refractivity contribution in [2.75, 3.05) is 11.9 Å². The van der Waals surface area contributed by atoms with Crippen LogP contribution in [0.25, 0.3) is 11.1 Å². The standard InChI is InChI=1S/C22H19N3O7S/c1-4-32-22(27)19-16(14-7-5-12(2)6-8-14)11-33-21(19)23-20(26)15-9-17(24(28)29)13(3)18(10-15)25(30)31/h5-11H,4H2,1-3H3,(H,23,26). The van der Waals surface area contributed by atoms with Crippen LogP contribution in [0, 0.1) is 34.1 Å². The van der Waals surface area contributed by atoms with E-state index < -0.39 is 33.1 Å². The number of aryl methyl sites for hydroxylation is 1. The highest BCUT2D eigenvalue weighted by Gasteiger charge is 2.27. The molecule has 1 N–H and O–H groups in total. The summed E-state index contributed by atoms with van der Waals surface area (Å²) < 4.78 is 5.15. The number of rotatable bonds is 7. The van der Waals surface area contributed by atoms with Gasteiger partial charge in [-0.3, -0.25) is 25.0 Å². The second kappa shape index (κ2) is 9.57. The van der Waals surface area contributed by atoms with E-state index >= 15 is 0 Å². The number of esters is 1. The fourth-order valence-corrected chi connectivity index (χ4v) is 4.12. The number of hydrogen-bond donors (Lipinski definition) is 1. The second-order valence-electron chi connectivity index (χ2n) is 7.05. The second-order valence-corrected chi connectivity index (χ2v) is 7.93. The van der Waals surface area contributed by atoms with Gasteiger partial charge in [0.15, 0.2) is 0 Å². The van der Waals surface area contributed by atoms with Crippen molar-refractivity contribution in [3.8, 4) is 11.1 Å². The van der Waals surface area contributed by atoms with Crippen LogP contribution in [-0.2, 0) is 4.74 Å². The minimum Gasteiger partial charge on any atom is -0.462 e. The molecular weight excluding hydrogens is 450 g/mol. The molecule has 0 aliphatic carbocycles. The van der Waals surface area contributed by atoms with Crippen LogP contribution in [0.5, 0.6) is 0 Å². The number of carbonyl (C=O) groups excluding carboxylic acids is 2. The number of carbonyl (C=O) groups is 2. The first-order chi connectivity index (χ1) is 15.6. The Labute approximate surface area is 192 Å². The zero-order valence-electron chi connectivity index (χ0n) is 17.9. The third kappa shape index (κ3) is 4.88. The van der Waals surface area contributed by atoms with Crippen molar-refractivity contribution in [2.45, 2.75) is 20.8 Å². The molecule has 33 heavy (non-hydrogen) atoms. The molecule has 0 saturated heterocycles. The summed E-state index contributed by atoms with van der Waals surface area (Å²) in [5, 5.41) is 27.0. The quantitative estimate of drug-likeness (QED) is 0.282. The van der Waals surface area contributed by atoms with E-state index in [0.29, 0.717) is 5.56 Å². The number of amides is 1. The van der Waals surface area contributed by atoms with Crippen molar-refractivity contribution in [1.29, 1.82) is 0 Å². The van der Waals surface area contributed by atoms with Gasteiger partial charge in [0.2, 0.25) is 0 Å². The molecule has 0 atom stereocenters. The third-order valence-electron chi connectivity index (χ3n) is 4.87. The molecule has 0 fully saturated rings. The molecule has 0 aliphatic rings. The van der Waals surface area contributed by atoms with Gasteiger partial charge in [-0.15, -0.1) is 11.3 Å². The van der Waals surface area contributed by atoms with E-state index in [-0.39, 0.29) is 28.3 Å². The molecule has 3 rings (SSSR count). The number of nitro groups is 2. The number of benzene rings is 2. The van der Waals surface area contributed by atoms with E-state index in [9.17, 15) is 29.8 Å². The van der Waals surface area contributed by atoms with Gasteiger partial charge in [-0.1, -0.05) is 29.8 Å². The summed E-state index contributed by atoms with van der Waals surface area (Å²) in [6, 6.07) is 9.36. The van der Waals surface area contributed by atoms with Gasteiger partial charge >= 0.3 is 5.97 Å². The van der Waals surface area contributed by atoms with Gasteiger partial charge in [0.05, 0.1) is 22.0 Å². The number of ether oxygens (including phenoxy) is 1. The molecule has 2 aromatic carbocycles. The topological polar surface area (TPSA) is 142 Å². The summed E-state index contributed by atoms with van der Waals surface area (Å²) in [5.74, 6) is -1.48. The lowest BCUT2D eigenvalue weighted by atomic mass is 10.0. The van der Waals surface area contributed by atoms with E-state index in [0.717, 1.165) is 34.6 Å². The number of nitro benzene ring substituents is 2. The highest BCUT2D eigenvalue weighted by molar-refractivity contribution is 7.15. The van der Waals surface area contributed by atoms with Crippen LogP contribution < -0.4 is 5.32 Å². The van der Waals surface area contributed by atoms with E-state index in [1.165, 1.54) is 6.92 Å². The number of hydrogen-bond acceptors (Lipinski definition) is 8. The normalized spacial score (nSPS) is 10.5. The monoisotopic (exact) mass is 469 g/mol. The van der Waals surface area contributed by atoms with Crippen LogP contribution in [0.4, 0.5) is 16.4 Å². The summed E-state index contributed by atoms with van der Waals surface area (Å²) in [6.07, 6.45) is 0. The predicted molar refractivity (Wildman–Crippen MR) is 123 cm³/mol. The first-order valence-corrected chi connectivity index (χ1v) is 10.6. The largest absolute Gasteiger partial charge is 0.462 e. The Morgan fingerprint density at radius 2 is 1.61 bits per heavy atom. The summed E-state index contributed by atoms with van der Waals surface area (Å²) >= 11 is 1.08. The maximum Gasteiger partial charge on any atom is 0.341 e. The lowest BCUT2D eigenvalue weighted by Gasteiger charge is -2.09. The number of nitrogens with one attached hydrogen (secondary N) is 1. The highest BCUT2D eigenvalue weighted by Crippen LogP contribution is 2.37. The van der Waals surface area contributed by atoms with Gasteiger partial charge in [-0.25, -0.2) is 4.79 Å². The van der Waals surface area contributed by atoms with Crippen molar-refractivity contribution in [3.05, 3.63) is 84.3 Å². The van der Waals surface area contributed by atoms with Crippen molar-refractivity contribution in [1.82, 2.24) is 0 Å². The zero-order chi connectivity index (χ0) is 24.3. The number of thiophene rings is 1. The van der Waals surface area contributed by atoms with Crippen molar-refractivity contribution >= 4 is 39.6 Å². The molecule has 1 heterocycles. The van der Waals surface area contributed by atoms with Crippen LogP contribution in [0.2, 0.25) is 0 Å². The number of anilines is 1. The van der Waals surface area contributed by atoms with E-state index in [4.69, 9.17) is 4.74 Å². The average molecular weight is 469 g/mol. The zero-order valence-corrected chi connectivity index (χ0v) is 18.7. The summed E-state index contributed by atoms with van der Waals surface area (Å²) in [4.78, 5) is 46.7. The molecule has 170 valence electrons. The Bertz CT molecular complexity index is 1230.